The normalized spacial score (nSPS) is 10.9. The minimum Gasteiger partial charge on any atom is -0.494 e. The van der Waals surface area contributed by atoms with Crippen molar-refractivity contribution >= 4 is 23.3 Å². The zero-order valence-corrected chi connectivity index (χ0v) is 22.2. The van der Waals surface area contributed by atoms with Crippen molar-refractivity contribution < 1.29 is 23.8 Å². The lowest BCUT2D eigenvalue weighted by molar-refractivity contribution is -0.139. The first kappa shape index (κ1) is 29.7. The molecule has 0 atom stereocenters. The molecular weight excluding hydrogens is 468 g/mol. The fourth-order valence-corrected chi connectivity index (χ4v) is 3.52. The van der Waals surface area contributed by atoms with Gasteiger partial charge in [-0.25, -0.2) is 9.59 Å². The van der Waals surface area contributed by atoms with E-state index in [0.29, 0.717) is 36.6 Å². The van der Waals surface area contributed by atoms with Gasteiger partial charge in [-0.15, -0.1) is 0 Å². The van der Waals surface area contributed by atoms with Gasteiger partial charge in [-0.3, -0.25) is 0 Å². The summed E-state index contributed by atoms with van der Waals surface area (Å²) in [6.07, 6.45) is 10.4. The highest BCUT2D eigenvalue weighted by Crippen LogP contribution is 2.22. The van der Waals surface area contributed by atoms with Gasteiger partial charge in [-0.1, -0.05) is 51.5 Å². The summed E-state index contributed by atoms with van der Waals surface area (Å²) in [5, 5.41) is 8.45. The van der Waals surface area contributed by atoms with Crippen molar-refractivity contribution in [1.82, 2.24) is 0 Å². The average molecular weight is 509 g/mol. The van der Waals surface area contributed by atoms with Crippen LogP contribution in [0.15, 0.2) is 70.9 Å². The highest BCUT2D eigenvalue weighted by Gasteiger charge is 2.05. The van der Waals surface area contributed by atoms with Gasteiger partial charge >= 0.3 is 11.9 Å². The van der Waals surface area contributed by atoms with Crippen LogP contribution in [-0.2, 0) is 14.3 Å². The molecule has 0 unspecified atom stereocenters. The SMILES string of the molecule is C=C(C)C(=O)OCCCCCCCCCCCOc1ccc(N=Nc2ccc(C(=O)OCC)cc2)cc1. The molecule has 7 nitrogen and oxygen atoms in total. The van der Waals surface area contributed by atoms with Gasteiger partial charge in [0, 0.05) is 5.57 Å². The van der Waals surface area contributed by atoms with E-state index in [4.69, 9.17) is 14.2 Å². The molecule has 0 saturated heterocycles. The molecule has 0 fully saturated rings. The number of azo groups is 1. The quantitative estimate of drug-likeness (QED) is 0.0875. The summed E-state index contributed by atoms with van der Waals surface area (Å²) in [5.74, 6) is 0.192. The summed E-state index contributed by atoms with van der Waals surface area (Å²) in [7, 11) is 0. The third kappa shape index (κ3) is 12.9. The molecule has 0 amide bonds. The van der Waals surface area contributed by atoms with Crippen molar-refractivity contribution in [2.45, 2.75) is 71.6 Å². The minimum absolute atomic E-state index is 0.291. The molecule has 0 aromatic heterocycles. The molecule has 0 aliphatic heterocycles. The second-order valence-corrected chi connectivity index (χ2v) is 8.91. The van der Waals surface area contributed by atoms with Crippen LogP contribution >= 0.6 is 0 Å². The van der Waals surface area contributed by atoms with Gasteiger partial charge in [-0.05, 0) is 75.2 Å². The lowest BCUT2D eigenvalue weighted by atomic mass is 10.1. The lowest BCUT2D eigenvalue weighted by Crippen LogP contribution is -2.05. The van der Waals surface area contributed by atoms with Crippen LogP contribution in [0.5, 0.6) is 5.75 Å². The second-order valence-electron chi connectivity index (χ2n) is 8.91. The number of nitrogens with zero attached hydrogens (tertiary/aromatic N) is 2. The Labute approximate surface area is 220 Å². The summed E-state index contributed by atoms with van der Waals surface area (Å²) in [6.45, 7) is 8.57. The number of esters is 2. The summed E-state index contributed by atoms with van der Waals surface area (Å²) >= 11 is 0. The Hall–Kier alpha value is -3.48. The summed E-state index contributed by atoms with van der Waals surface area (Å²) in [5.41, 5.74) is 2.35. The molecule has 7 heteroatoms. The molecule has 0 aliphatic rings. The van der Waals surface area contributed by atoms with Crippen molar-refractivity contribution in [2.24, 2.45) is 10.2 Å². The predicted molar refractivity (Wildman–Crippen MR) is 146 cm³/mol. The van der Waals surface area contributed by atoms with Crippen LogP contribution in [0, 0.1) is 0 Å². The van der Waals surface area contributed by atoms with Gasteiger partial charge in [0.25, 0.3) is 0 Å². The summed E-state index contributed by atoms with van der Waals surface area (Å²) in [4.78, 5) is 23.0. The Morgan fingerprint density at radius 3 is 1.70 bits per heavy atom. The highest BCUT2D eigenvalue weighted by molar-refractivity contribution is 5.89. The Morgan fingerprint density at radius 1 is 0.703 bits per heavy atom. The maximum Gasteiger partial charge on any atom is 0.338 e. The molecule has 0 heterocycles. The first-order valence-corrected chi connectivity index (χ1v) is 13.2. The second kappa shape index (κ2) is 17.9. The van der Waals surface area contributed by atoms with Crippen LogP contribution < -0.4 is 4.74 Å². The van der Waals surface area contributed by atoms with Crippen LogP contribution in [0.4, 0.5) is 11.4 Å². The van der Waals surface area contributed by atoms with E-state index in [1.54, 1.807) is 38.1 Å². The Kier molecular flexibility index (Phi) is 14.4. The van der Waals surface area contributed by atoms with E-state index < -0.39 is 0 Å². The molecule has 2 aromatic rings. The molecule has 37 heavy (non-hydrogen) atoms. The summed E-state index contributed by atoms with van der Waals surface area (Å²) < 4.78 is 15.9. The monoisotopic (exact) mass is 508 g/mol. The van der Waals surface area contributed by atoms with Gasteiger partial charge < -0.3 is 14.2 Å². The maximum atomic E-state index is 11.7. The lowest BCUT2D eigenvalue weighted by Gasteiger charge is -2.06. The van der Waals surface area contributed by atoms with E-state index in [1.165, 1.54) is 32.1 Å². The van der Waals surface area contributed by atoms with Gasteiger partial charge in [0.2, 0.25) is 0 Å². The topological polar surface area (TPSA) is 86.5 Å². The highest BCUT2D eigenvalue weighted by atomic mass is 16.5. The van der Waals surface area contributed by atoms with Gasteiger partial charge in [0.05, 0.1) is 36.8 Å². The van der Waals surface area contributed by atoms with Crippen LogP contribution in [0.3, 0.4) is 0 Å². The van der Waals surface area contributed by atoms with Crippen LogP contribution in [-0.4, -0.2) is 31.8 Å². The third-order valence-electron chi connectivity index (χ3n) is 5.64. The smallest absolute Gasteiger partial charge is 0.338 e. The van der Waals surface area contributed by atoms with Gasteiger partial charge in [-0.2, -0.15) is 10.2 Å². The number of carbonyl (C=O) groups is 2. The third-order valence-corrected chi connectivity index (χ3v) is 5.64. The summed E-state index contributed by atoms with van der Waals surface area (Å²) in [6, 6.07) is 14.4. The molecule has 0 aliphatic carbocycles. The molecular formula is C30H40N2O5. The molecule has 2 rings (SSSR count). The molecule has 0 N–H and O–H groups in total. The Bertz CT molecular complexity index is 984. The Balaban J connectivity index is 1.50. The van der Waals surface area contributed by atoms with E-state index >= 15 is 0 Å². The fraction of sp³-hybridized carbons (Fsp3) is 0.467. The maximum absolute atomic E-state index is 11.7. The molecule has 0 saturated carbocycles. The fourth-order valence-electron chi connectivity index (χ4n) is 3.52. The number of unbranched alkanes of at least 4 members (excludes halogenated alkanes) is 8. The zero-order chi connectivity index (χ0) is 26.7. The van der Waals surface area contributed by atoms with E-state index in [-0.39, 0.29) is 11.9 Å². The van der Waals surface area contributed by atoms with Crippen molar-refractivity contribution in [3.8, 4) is 5.75 Å². The standard InChI is InChI=1S/C30H40N2O5/c1-4-35-30(34)25-14-16-26(17-15-25)31-32-27-18-20-28(21-19-27)36-22-12-10-8-6-5-7-9-11-13-23-37-29(33)24(2)3/h14-21H,2,4-13,22-23H2,1,3H3. The number of ether oxygens (including phenoxy) is 3. The molecule has 0 bridgehead atoms. The van der Waals surface area contributed by atoms with Crippen LogP contribution in [0.25, 0.3) is 0 Å². The van der Waals surface area contributed by atoms with E-state index in [1.807, 2.05) is 24.3 Å². The van der Waals surface area contributed by atoms with Crippen molar-refractivity contribution in [1.29, 1.82) is 0 Å². The minimum atomic E-state index is -0.342. The van der Waals surface area contributed by atoms with Crippen molar-refractivity contribution in [2.75, 3.05) is 19.8 Å². The first-order chi connectivity index (χ1) is 18.0. The molecule has 0 radical (unpaired) electrons. The van der Waals surface area contributed by atoms with E-state index in [9.17, 15) is 9.59 Å². The number of hydrogen-bond acceptors (Lipinski definition) is 7. The first-order valence-electron chi connectivity index (χ1n) is 13.2. The van der Waals surface area contributed by atoms with E-state index in [2.05, 4.69) is 16.8 Å². The van der Waals surface area contributed by atoms with Crippen LogP contribution in [0.1, 0.15) is 82.0 Å². The molecule has 200 valence electrons. The van der Waals surface area contributed by atoms with Crippen molar-refractivity contribution in [3.05, 3.63) is 66.2 Å². The zero-order valence-electron chi connectivity index (χ0n) is 22.2. The van der Waals surface area contributed by atoms with Crippen molar-refractivity contribution in [3.63, 3.8) is 0 Å². The predicted octanol–water partition coefficient (Wildman–Crippen LogP) is 8.29. The Morgan fingerprint density at radius 2 is 1.19 bits per heavy atom. The largest absolute Gasteiger partial charge is 0.494 e. The van der Waals surface area contributed by atoms with Gasteiger partial charge in [0.1, 0.15) is 5.75 Å². The van der Waals surface area contributed by atoms with E-state index in [0.717, 1.165) is 37.1 Å². The number of hydrogen-bond donors (Lipinski definition) is 0. The average Bonchev–Trinajstić information content (AvgIpc) is 2.91. The van der Waals surface area contributed by atoms with Crippen LogP contribution in [0.2, 0.25) is 0 Å². The van der Waals surface area contributed by atoms with Gasteiger partial charge in [0.15, 0.2) is 0 Å². The number of rotatable bonds is 18. The molecule has 0 spiro atoms. The number of benzene rings is 2. The molecule has 2 aromatic carbocycles. The number of carbonyl (C=O) groups excluding carboxylic acids is 2.